The van der Waals surface area contributed by atoms with Crippen LogP contribution in [0, 0.1) is 12.5 Å². The lowest BCUT2D eigenvalue weighted by Gasteiger charge is -2.27. The summed E-state index contributed by atoms with van der Waals surface area (Å²) >= 11 is 0. The van der Waals surface area contributed by atoms with Gasteiger partial charge in [-0.3, -0.25) is 0 Å². The maximum atomic E-state index is 7.28. The quantitative estimate of drug-likeness (QED) is 0.775. The number of furan rings is 1. The van der Waals surface area contributed by atoms with E-state index >= 15 is 0 Å². The Hall–Kier alpha value is -1.16. The summed E-state index contributed by atoms with van der Waals surface area (Å²) in [5, 5.41) is 3.66. The van der Waals surface area contributed by atoms with Crippen molar-refractivity contribution in [2.24, 2.45) is 5.11 Å². The molecule has 2 rings (SSSR count). The summed E-state index contributed by atoms with van der Waals surface area (Å²) in [5.41, 5.74) is 6.91. The van der Waals surface area contributed by atoms with E-state index < -0.39 is 0 Å². The molecule has 1 aromatic rings. The first-order valence-electron chi connectivity index (χ1n) is 5.22. The summed E-state index contributed by atoms with van der Waals surface area (Å²) in [7, 11) is 0. The van der Waals surface area contributed by atoms with Crippen LogP contribution in [-0.4, -0.2) is 12.2 Å². The van der Waals surface area contributed by atoms with E-state index in [0.29, 0.717) is 0 Å². The molecular weight excluding hydrogens is 192 g/mol. The van der Waals surface area contributed by atoms with Gasteiger partial charge in [-0.1, -0.05) is 0 Å². The van der Waals surface area contributed by atoms with E-state index in [1.165, 1.54) is 0 Å². The first-order chi connectivity index (χ1) is 7.15. The van der Waals surface area contributed by atoms with Crippen molar-refractivity contribution in [1.82, 2.24) is 0 Å². The molecule has 0 amide bonds. The van der Waals surface area contributed by atoms with Crippen LogP contribution in [0.25, 0.3) is 0 Å². The highest BCUT2D eigenvalue weighted by Crippen LogP contribution is 2.40. The average Bonchev–Trinajstić information content (AvgIpc) is 2.78. The highest BCUT2D eigenvalue weighted by atomic mass is 16.5. The zero-order valence-electron chi connectivity index (χ0n) is 9.12. The molecule has 82 valence electrons. The first kappa shape index (κ1) is 10.4. The SMILES string of the molecule is Cc1ccc(C(N=N)C2(C)CCCO2)o1. The second-order valence-electron chi connectivity index (χ2n) is 4.24. The summed E-state index contributed by atoms with van der Waals surface area (Å²) in [5.74, 6) is 1.58. The van der Waals surface area contributed by atoms with E-state index in [4.69, 9.17) is 14.7 Å². The van der Waals surface area contributed by atoms with Crippen molar-refractivity contribution in [3.8, 4) is 0 Å². The Morgan fingerprint density at radius 2 is 2.33 bits per heavy atom. The van der Waals surface area contributed by atoms with Crippen LogP contribution in [0.15, 0.2) is 21.7 Å². The van der Waals surface area contributed by atoms with E-state index in [1.54, 1.807) is 0 Å². The standard InChI is InChI=1S/C11H16N2O2/c1-8-4-5-9(15-8)10(13-12)11(2)6-3-7-14-11/h4-5,10,12H,3,6-7H2,1-2H3. The van der Waals surface area contributed by atoms with Crippen LogP contribution < -0.4 is 0 Å². The lowest BCUT2D eigenvalue weighted by Crippen LogP contribution is -2.30. The monoisotopic (exact) mass is 208 g/mol. The molecule has 0 aliphatic carbocycles. The minimum atomic E-state index is -0.369. The van der Waals surface area contributed by atoms with Gasteiger partial charge in [-0.25, -0.2) is 5.53 Å². The minimum Gasteiger partial charge on any atom is -0.464 e. The molecule has 2 unspecified atom stereocenters. The first-order valence-corrected chi connectivity index (χ1v) is 5.22. The van der Waals surface area contributed by atoms with Crippen LogP contribution in [-0.2, 0) is 4.74 Å². The molecule has 0 saturated carbocycles. The van der Waals surface area contributed by atoms with Gasteiger partial charge < -0.3 is 9.15 Å². The third-order valence-corrected chi connectivity index (χ3v) is 2.99. The number of nitrogens with one attached hydrogen (secondary N) is 1. The van der Waals surface area contributed by atoms with E-state index in [1.807, 2.05) is 26.0 Å². The van der Waals surface area contributed by atoms with Crippen LogP contribution in [0.3, 0.4) is 0 Å². The minimum absolute atomic E-state index is 0.311. The third-order valence-electron chi connectivity index (χ3n) is 2.99. The second kappa shape index (κ2) is 3.77. The predicted octanol–water partition coefficient (Wildman–Crippen LogP) is 3.23. The fourth-order valence-electron chi connectivity index (χ4n) is 2.12. The van der Waals surface area contributed by atoms with Gasteiger partial charge in [-0.05, 0) is 38.8 Å². The van der Waals surface area contributed by atoms with Gasteiger partial charge >= 0.3 is 0 Å². The van der Waals surface area contributed by atoms with Gasteiger partial charge in [-0.15, -0.1) is 0 Å². The number of hydrogen-bond acceptors (Lipinski definition) is 4. The summed E-state index contributed by atoms with van der Waals surface area (Å²) < 4.78 is 11.2. The lowest BCUT2D eigenvalue weighted by molar-refractivity contribution is -0.00888. The average molecular weight is 208 g/mol. The molecule has 1 saturated heterocycles. The third kappa shape index (κ3) is 1.81. The molecule has 1 aromatic heterocycles. The molecule has 0 radical (unpaired) electrons. The van der Waals surface area contributed by atoms with Crippen molar-refractivity contribution in [2.75, 3.05) is 6.61 Å². The number of rotatable bonds is 3. The molecule has 4 nitrogen and oxygen atoms in total. The van der Waals surface area contributed by atoms with Gasteiger partial charge in [0, 0.05) is 6.61 Å². The molecule has 1 aliphatic heterocycles. The maximum Gasteiger partial charge on any atom is 0.157 e. The molecule has 1 N–H and O–H groups in total. The zero-order valence-corrected chi connectivity index (χ0v) is 9.12. The topological polar surface area (TPSA) is 58.6 Å². The van der Waals surface area contributed by atoms with E-state index in [0.717, 1.165) is 31.0 Å². The van der Waals surface area contributed by atoms with E-state index in [-0.39, 0.29) is 11.6 Å². The Labute approximate surface area is 89.1 Å². The molecule has 0 spiro atoms. The number of nitrogens with zero attached hydrogens (tertiary/aromatic N) is 1. The largest absolute Gasteiger partial charge is 0.464 e. The van der Waals surface area contributed by atoms with Crippen LogP contribution in [0.5, 0.6) is 0 Å². The molecule has 4 heteroatoms. The van der Waals surface area contributed by atoms with E-state index in [2.05, 4.69) is 5.11 Å². The van der Waals surface area contributed by atoms with Crippen LogP contribution in [0.1, 0.15) is 37.3 Å². The van der Waals surface area contributed by atoms with Crippen LogP contribution in [0.4, 0.5) is 0 Å². The predicted molar refractivity (Wildman–Crippen MR) is 54.9 cm³/mol. The second-order valence-corrected chi connectivity index (χ2v) is 4.24. The molecule has 1 fully saturated rings. The molecule has 2 heterocycles. The van der Waals surface area contributed by atoms with Gasteiger partial charge in [0.25, 0.3) is 0 Å². The summed E-state index contributed by atoms with van der Waals surface area (Å²) in [6.07, 6.45) is 1.96. The number of hydrogen-bond donors (Lipinski definition) is 1. The zero-order chi connectivity index (χ0) is 10.9. The Morgan fingerprint density at radius 3 is 2.80 bits per heavy atom. The number of ether oxygens (including phenoxy) is 1. The fourth-order valence-corrected chi connectivity index (χ4v) is 2.12. The Morgan fingerprint density at radius 1 is 1.53 bits per heavy atom. The summed E-state index contributed by atoms with van der Waals surface area (Å²) in [6, 6.07) is 3.46. The molecule has 2 atom stereocenters. The Balaban J connectivity index is 2.27. The fraction of sp³-hybridized carbons (Fsp3) is 0.636. The van der Waals surface area contributed by atoms with Crippen molar-refractivity contribution in [3.63, 3.8) is 0 Å². The lowest BCUT2D eigenvalue weighted by atomic mass is 9.92. The molecule has 15 heavy (non-hydrogen) atoms. The van der Waals surface area contributed by atoms with Gasteiger partial charge in [0.2, 0.25) is 0 Å². The number of aryl methyl sites for hydroxylation is 1. The Bertz CT molecular complexity index is 353. The molecular formula is C11H16N2O2. The van der Waals surface area contributed by atoms with Crippen molar-refractivity contribution >= 4 is 0 Å². The molecule has 1 aliphatic rings. The summed E-state index contributed by atoms with van der Waals surface area (Å²) in [4.78, 5) is 0. The Kier molecular flexibility index (Phi) is 2.61. The smallest absolute Gasteiger partial charge is 0.157 e. The normalized spacial score (nSPS) is 27.9. The van der Waals surface area contributed by atoms with Crippen molar-refractivity contribution in [3.05, 3.63) is 23.7 Å². The van der Waals surface area contributed by atoms with Gasteiger partial charge in [-0.2, -0.15) is 5.11 Å². The highest BCUT2D eigenvalue weighted by Gasteiger charge is 2.41. The highest BCUT2D eigenvalue weighted by molar-refractivity contribution is 5.14. The van der Waals surface area contributed by atoms with Crippen molar-refractivity contribution < 1.29 is 9.15 Å². The maximum absolute atomic E-state index is 7.28. The van der Waals surface area contributed by atoms with Gasteiger partial charge in [0.05, 0.1) is 5.60 Å². The van der Waals surface area contributed by atoms with Gasteiger partial charge in [0.15, 0.2) is 6.04 Å². The van der Waals surface area contributed by atoms with Crippen molar-refractivity contribution in [2.45, 2.75) is 38.3 Å². The summed E-state index contributed by atoms with van der Waals surface area (Å²) in [6.45, 7) is 4.64. The molecule has 0 bridgehead atoms. The van der Waals surface area contributed by atoms with Crippen LogP contribution in [0.2, 0.25) is 0 Å². The van der Waals surface area contributed by atoms with Crippen molar-refractivity contribution in [1.29, 1.82) is 5.53 Å². The van der Waals surface area contributed by atoms with Crippen LogP contribution >= 0.6 is 0 Å². The van der Waals surface area contributed by atoms with Gasteiger partial charge in [0.1, 0.15) is 11.5 Å². The molecule has 0 aromatic carbocycles. The van der Waals surface area contributed by atoms with E-state index in [9.17, 15) is 0 Å².